The first-order valence-corrected chi connectivity index (χ1v) is 15.0. The van der Waals surface area contributed by atoms with Gasteiger partial charge in [0.15, 0.2) is 5.82 Å². The van der Waals surface area contributed by atoms with Crippen molar-refractivity contribution < 1.29 is 9.47 Å². The molecular weight excluding hydrogens is 546 g/mol. The number of aryl methyl sites for hydroxylation is 1. The zero-order chi connectivity index (χ0) is 30.6. The van der Waals surface area contributed by atoms with E-state index in [0.29, 0.717) is 29.9 Å². The van der Waals surface area contributed by atoms with Gasteiger partial charge in [-0.1, -0.05) is 68.4 Å². The lowest BCUT2D eigenvalue weighted by atomic mass is 9.96. The number of nitrogens with zero attached hydrogens (tertiary/aromatic N) is 3. The fourth-order valence-corrected chi connectivity index (χ4v) is 5.43. The van der Waals surface area contributed by atoms with Crippen molar-refractivity contribution in [3.63, 3.8) is 0 Å². The van der Waals surface area contributed by atoms with Gasteiger partial charge in [-0.15, -0.1) is 0 Å². The Hall–Kier alpha value is -5.23. The van der Waals surface area contributed by atoms with Crippen LogP contribution >= 0.6 is 0 Å². The minimum Gasteiger partial charge on any atom is -0.494 e. The maximum Gasteiger partial charge on any atom is 0.282 e. The normalized spacial score (nSPS) is 11.6. The molecule has 0 saturated heterocycles. The first-order chi connectivity index (χ1) is 21.4. The predicted molar refractivity (Wildman–Crippen MR) is 179 cm³/mol. The van der Waals surface area contributed by atoms with Crippen LogP contribution in [0.25, 0.3) is 33.1 Å². The van der Waals surface area contributed by atoms with E-state index in [1.54, 1.807) is 12.3 Å². The van der Waals surface area contributed by atoms with E-state index in [9.17, 15) is 4.79 Å². The first-order valence-electron chi connectivity index (χ1n) is 15.0. The third-order valence-electron chi connectivity index (χ3n) is 7.75. The van der Waals surface area contributed by atoms with E-state index in [1.165, 1.54) is 15.4 Å². The van der Waals surface area contributed by atoms with E-state index < -0.39 is 0 Å². The molecule has 0 fully saturated rings. The van der Waals surface area contributed by atoms with E-state index in [4.69, 9.17) is 14.5 Å². The van der Waals surface area contributed by atoms with Gasteiger partial charge >= 0.3 is 0 Å². The highest BCUT2D eigenvalue weighted by atomic mass is 16.5. The summed E-state index contributed by atoms with van der Waals surface area (Å²) in [4.78, 5) is 18.7. The fourth-order valence-electron chi connectivity index (χ4n) is 5.43. The Labute approximate surface area is 257 Å². The Morgan fingerprint density at radius 3 is 2.36 bits per heavy atom. The molecular formula is C38H35N3O3. The minimum atomic E-state index is -0.226. The number of fused-ring (bicyclic) bond motifs is 2. The van der Waals surface area contributed by atoms with Crippen LogP contribution in [0.1, 0.15) is 48.9 Å². The predicted octanol–water partition coefficient (Wildman–Crippen LogP) is 8.51. The quantitative estimate of drug-likeness (QED) is 0.161. The smallest absolute Gasteiger partial charge is 0.282 e. The van der Waals surface area contributed by atoms with E-state index in [-0.39, 0.29) is 11.5 Å². The lowest BCUT2D eigenvalue weighted by molar-refractivity contribution is 0.307. The maximum absolute atomic E-state index is 13.8. The van der Waals surface area contributed by atoms with Gasteiger partial charge in [-0.05, 0) is 101 Å². The first kappa shape index (κ1) is 28.9. The summed E-state index contributed by atoms with van der Waals surface area (Å²) < 4.78 is 13.5. The zero-order valence-corrected chi connectivity index (χ0v) is 25.5. The molecule has 1 heterocycles. The summed E-state index contributed by atoms with van der Waals surface area (Å²) in [6, 6.07) is 33.7. The summed E-state index contributed by atoms with van der Waals surface area (Å²) in [5, 5.41) is 7.57. The second-order valence-electron chi connectivity index (χ2n) is 11.1. The Morgan fingerprint density at radius 2 is 1.59 bits per heavy atom. The van der Waals surface area contributed by atoms with Crippen molar-refractivity contribution in [2.45, 2.75) is 40.2 Å². The summed E-state index contributed by atoms with van der Waals surface area (Å²) in [6.07, 6.45) is 1.68. The molecule has 220 valence electrons. The molecule has 0 saturated carbocycles. The number of ether oxygens (including phenoxy) is 2. The van der Waals surface area contributed by atoms with Crippen molar-refractivity contribution in [1.82, 2.24) is 9.66 Å². The second-order valence-corrected chi connectivity index (χ2v) is 11.1. The molecule has 6 heteroatoms. The highest BCUT2D eigenvalue weighted by Gasteiger charge is 2.18. The van der Waals surface area contributed by atoms with Crippen molar-refractivity contribution in [3.05, 3.63) is 136 Å². The van der Waals surface area contributed by atoms with Gasteiger partial charge in [-0.25, -0.2) is 4.98 Å². The van der Waals surface area contributed by atoms with Crippen molar-refractivity contribution in [1.29, 1.82) is 0 Å². The molecule has 0 aliphatic rings. The molecule has 6 aromatic rings. The van der Waals surface area contributed by atoms with Gasteiger partial charge in [-0.2, -0.15) is 9.78 Å². The third-order valence-corrected chi connectivity index (χ3v) is 7.75. The van der Waals surface area contributed by atoms with E-state index in [1.807, 2.05) is 74.5 Å². The molecule has 0 N–H and O–H groups in total. The van der Waals surface area contributed by atoms with Gasteiger partial charge in [0.05, 0.1) is 23.7 Å². The SMILES string of the molecule is CCOc1cc(C)c(-c2nc3ccccc3c(=O)n2N=Cc2ccc(OCc3cccc4ccccc34)cc2)cc1C(C)C. The third kappa shape index (κ3) is 5.84. The molecule has 44 heavy (non-hydrogen) atoms. The fraction of sp³-hybridized carbons (Fsp3) is 0.184. The molecule has 0 radical (unpaired) electrons. The molecule has 1 aromatic heterocycles. The summed E-state index contributed by atoms with van der Waals surface area (Å²) in [7, 11) is 0. The van der Waals surface area contributed by atoms with Crippen molar-refractivity contribution in [3.8, 4) is 22.9 Å². The summed E-state index contributed by atoms with van der Waals surface area (Å²) in [5.74, 6) is 2.32. The Balaban J connectivity index is 1.33. The van der Waals surface area contributed by atoms with Crippen LogP contribution in [0.5, 0.6) is 11.5 Å². The number of hydrogen-bond donors (Lipinski definition) is 0. The Bertz CT molecular complexity index is 2040. The van der Waals surface area contributed by atoms with Gasteiger partial charge in [-0.3, -0.25) is 4.79 Å². The molecule has 0 unspecified atom stereocenters. The molecule has 6 rings (SSSR count). The Morgan fingerprint density at radius 1 is 0.864 bits per heavy atom. The van der Waals surface area contributed by atoms with Crippen molar-refractivity contribution in [2.75, 3.05) is 6.61 Å². The molecule has 5 aromatic carbocycles. The summed E-state index contributed by atoms with van der Waals surface area (Å²) >= 11 is 0. The van der Waals surface area contributed by atoms with Crippen LogP contribution in [0.2, 0.25) is 0 Å². The molecule has 6 nitrogen and oxygen atoms in total. The van der Waals surface area contributed by atoms with Crippen LogP contribution in [0.4, 0.5) is 0 Å². The highest BCUT2D eigenvalue weighted by Crippen LogP contribution is 2.34. The van der Waals surface area contributed by atoms with Crippen molar-refractivity contribution >= 4 is 27.9 Å². The zero-order valence-electron chi connectivity index (χ0n) is 25.5. The number of hydrogen-bond acceptors (Lipinski definition) is 5. The average Bonchev–Trinajstić information content (AvgIpc) is 3.04. The topological polar surface area (TPSA) is 65.7 Å². The van der Waals surface area contributed by atoms with Crippen LogP contribution in [0.15, 0.2) is 113 Å². The second kappa shape index (κ2) is 12.6. The van der Waals surface area contributed by atoms with E-state index in [2.05, 4.69) is 55.3 Å². The molecule has 0 atom stereocenters. The molecule has 0 spiro atoms. The summed E-state index contributed by atoms with van der Waals surface area (Å²) in [5.41, 5.74) is 5.23. The van der Waals surface area contributed by atoms with Crippen LogP contribution in [-0.4, -0.2) is 22.5 Å². The lowest BCUT2D eigenvalue weighted by Gasteiger charge is -2.18. The number of para-hydroxylation sites is 1. The van der Waals surface area contributed by atoms with E-state index >= 15 is 0 Å². The van der Waals surface area contributed by atoms with Crippen LogP contribution < -0.4 is 15.0 Å². The monoisotopic (exact) mass is 581 g/mol. The van der Waals surface area contributed by atoms with E-state index in [0.717, 1.165) is 39.3 Å². The van der Waals surface area contributed by atoms with Gasteiger partial charge in [0.25, 0.3) is 5.56 Å². The van der Waals surface area contributed by atoms with Gasteiger partial charge < -0.3 is 9.47 Å². The minimum absolute atomic E-state index is 0.223. The largest absolute Gasteiger partial charge is 0.494 e. The number of aromatic nitrogens is 2. The Kier molecular flexibility index (Phi) is 8.24. The molecule has 0 bridgehead atoms. The lowest BCUT2D eigenvalue weighted by Crippen LogP contribution is -2.20. The average molecular weight is 582 g/mol. The molecule has 0 aliphatic heterocycles. The highest BCUT2D eigenvalue weighted by molar-refractivity contribution is 5.86. The van der Waals surface area contributed by atoms with Crippen LogP contribution in [0, 0.1) is 6.92 Å². The maximum atomic E-state index is 13.8. The van der Waals surface area contributed by atoms with Crippen LogP contribution in [0.3, 0.4) is 0 Å². The number of rotatable bonds is 9. The van der Waals surface area contributed by atoms with Crippen LogP contribution in [-0.2, 0) is 6.61 Å². The number of benzene rings is 5. The van der Waals surface area contributed by atoms with Crippen molar-refractivity contribution in [2.24, 2.45) is 5.10 Å². The molecule has 0 aliphatic carbocycles. The van der Waals surface area contributed by atoms with Gasteiger partial charge in [0.1, 0.15) is 18.1 Å². The summed E-state index contributed by atoms with van der Waals surface area (Å²) in [6.45, 7) is 9.30. The van der Waals surface area contributed by atoms with Gasteiger partial charge in [0.2, 0.25) is 0 Å². The molecule has 0 amide bonds. The van der Waals surface area contributed by atoms with Gasteiger partial charge in [0, 0.05) is 5.56 Å². The standard InChI is InChI=1S/C38H35N3O3/c1-5-43-36-21-26(4)34(22-33(36)25(2)3)37-40-35-16-9-8-15-32(35)38(42)41(37)39-23-27-17-19-30(20-18-27)44-24-29-13-10-12-28-11-6-7-14-31(28)29/h6-23,25H,5,24H2,1-4H3.